The van der Waals surface area contributed by atoms with Crippen molar-refractivity contribution in [1.82, 2.24) is 0 Å². The summed E-state index contributed by atoms with van der Waals surface area (Å²) in [6, 6.07) is 7.95. The van der Waals surface area contributed by atoms with Gasteiger partial charge in [-0.05, 0) is 24.1 Å². The van der Waals surface area contributed by atoms with Crippen molar-refractivity contribution in [3.63, 3.8) is 0 Å². The Morgan fingerprint density at radius 1 is 1.00 bits per heavy atom. The quantitative estimate of drug-likeness (QED) is 0.364. The van der Waals surface area contributed by atoms with E-state index < -0.39 is 0 Å². The molecule has 0 amide bonds. The van der Waals surface area contributed by atoms with Crippen molar-refractivity contribution in [2.75, 3.05) is 11.8 Å². The summed E-state index contributed by atoms with van der Waals surface area (Å²) in [4.78, 5) is 0. The molecule has 1 rings (SSSR count). The number of alkyl halides is 2. The van der Waals surface area contributed by atoms with Gasteiger partial charge in [0.15, 0.2) is 0 Å². The smallest absolute Gasteiger partial charge is 0.0408 e. The van der Waals surface area contributed by atoms with E-state index in [4.69, 9.17) is 34.8 Å². The molecule has 0 N–H and O–H groups in total. The van der Waals surface area contributed by atoms with Gasteiger partial charge in [-0.1, -0.05) is 62.8 Å². The summed E-state index contributed by atoms with van der Waals surface area (Å²) < 4.78 is 0. The maximum atomic E-state index is 6.22. The lowest BCUT2D eigenvalue weighted by Crippen LogP contribution is -2.30. The summed E-state index contributed by atoms with van der Waals surface area (Å²) in [6.45, 7) is 2.23. The molecule has 19 heavy (non-hydrogen) atoms. The van der Waals surface area contributed by atoms with E-state index >= 15 is 0 Å². The van der Waals surface area contributed by atoms with E-state index in [0.29, 0.717) is 11.8 Å². The summed E-state index contributed by atoms with van der Waals surface area (Å²) in [5.41, 5.74) is 1.03. The molecule has 0 aromatic heterocycles. The molecule has 0 unspecified atom stereocenters. The molecule has 0 heterocycles. The highest BCUT2D eigenvalue weighted by Gasteiger charge is 2.30. The Bertz CT molecular complexity index is 359. The number of unbranched alkanes of at least 4 members (excludes halogenated alkanes) is 4. The van der Waals surface area contributed by atoms with Crippen LogP contribution in [0.2, 0.25) is 5.02 Å². The molecule has 1 aromatic rings. The van der Waals surface area contributed by atoms with Crippen LogP contribution in [-0.2, 0) is 5.41 Å². The maximum Gasteiger partial charge on any atom is 0.0408 e. The van der Waals surface area contributed by atoms with Crippen LogP contribution in [0.1, 0.15) is 51.0 Å². The van der Waals surface area contributed by atoms with E-state index in [2.05, 4.69) is 13.0 Å². The minimum absolute atomic E-state index is 0.139. The number of rotatable bonds is 9. The lowest BCUT2D eigenvalue weighted by molar-refractivity contribution is 0.454. The summed E-state index contributed by atoms with van der Waals surface area (Å²) in [6.07, 6.45) is 7.34. The Hall–Kier alpha value is 0.0900. The number of hydrogen-bond donors (Lipinski definition) is 0. The van der Waals surface area contributed by atoms with Crippen LogP contribution < -0.4 is 0 Å². The minimum atomic E-state index is -0.139. The Labute approximate surface area is 132 Å². The molecule has 0 fully saturated rings. The average molecular weight is 322 g/mol. The predicted octanol–water partition coefficient (Wildman–Crippen LogP) is 6.42. The summed E-state index contributed by atoms with van der Waals surface area (Å²) >= 11 is 18.5. The van der Waals surface area contributed by atoms with Gasteiger partial charge in [-0.15, -0.1) is 23.2 Å². The van der Waals surface area contributed by atoms with Crippen molar-refractivity contribution in [3.8, 4) is 0 Å². The van der Waals surface area contributed by atoms with Gasteiger partial charge in [0, 0.05) is 22.2 Å². The highest BCUT2D eigenvalue weighted by molar-refractivity contribution is 6.30. The molecular weight excluding hydrogens is 299 g/mol. The van der Waals surface area contributed by atoms with E-state index in [1.807, 2.05) is 18.2 Å². The third kappa shape index (κ3) is 5.17. The second kappa shape index (κ2) is 9.10. The molecule has 1 aromatic carbocycles. The Kier molecular flexibility index (Phi) is 8.21. The molecular formula is C16H23Cl3. The van der Waals surface area contributed by atoms with Crippen LogP contribution in [0.15, 0.2) is 24.3 Å². The van der Waals surface area contributed by atoms with E-state index in [0.717, 1.165) is 11.4 Å². The van der Waals surface area contributed by atoms with Gasteiger partial charge in [0.1, 0.15) is 0 Å². The molecule has 0 aliphatic carbocycles. The Balaban J connectivity index is 2.68. The molecule has 3 heteroatoms. The number of halogens is 3. The highest BCUT2D eigenvalue weighted by Crippen LogP contribution is 2.34. The van der Waals surface area contributed by atoms with E-state index in [1.165, 1.54) is 37.7 Å². The zero-order valence-corrected chi connectivity index (χ0v) is 13.9. The van der Waals surface area contributed by atoms with Crippen molar-refractivity contribution in [2.24, 2.45) is 0 Å². The summed E-state index contributed by atoms with van der Waals surface area (Å²) in [5, 5.41) is 0.753. The first-order valence-corrected chi connectivity index (χ1v) is 8.51. The minimum Gasteiger partial charge on any atom is -0.126 e. The van der Waals surface area contributed by atoms with Gasteiger partial charge in [0.05, 0.1) is 0 Å². The first-order chi connectivity index (χ1) is 9.18. The average Bonchev–Trinajstić information content (AvgIpc) is 2.43. The normalized spacial score (nSPS) is 11.8. The maximum absolute atomic E-state index is 6.22. The molecule has 0 bridgehead atoms. The van der Waals surface area contributed by atoms with Crippen LogP contribution in [0.4, 0.5) is 0 Å². The lowest BCUT2D eigenvalue weighted by Gasteiger charge is -2.30. The van der Waals surface area contributed by atoms with E-state index in [1.54, 1.807) is 0 Å². The fraction of sp³-hybridized carbons (Fsp3) is 0.625. The molecule has 0 saturated heterocycles. The third-order valence-electron chi connectivity index (χ3n) is 3.71. The topological polar surface area (TPSA) is 0 Å². The fourth-order valence-corrected chi connectivity index (χ4v) is 3.41. The van der Waals surface area contributed by atoms with Crippen LogP contribution in [0.5, 0.6) is 0 Å². The van der Waals surface area contributed by atoms with Gasteiger partial charge in [0.25, 0.3) is 0 Å². The highest BCUT2D eigenvalue weighted by atomic mass is 35.5. The van der Waals surface area contributed by atoms with Crippen molar-refractivity contribution < 1.29 is 0 Å². The van der Waals surface area contributed by atoms with Crippen LogP contribution in [0.3, 0.4) is 0 Å². The Morgan fingerprint density at radius 2 is 1.68 bits per heavy atom. The molecule has 0 nitrogen and oxygen atoms in total. The van der Waals surface area contributed by atoms with Gasteiger partial charge in [-0.3, -0.25) is 0 Å². The largest absolute Gasteiger partial charge is 0.126 e. The van der Waals surface area contributed by atoms with Crippen LogP contribution in [-0.4, -0.2) is 11.8 Å². The lowest BCUT2D eigenvalue weighted by atomic mass is 9.79. The molecule has 0 spiro atoms. The van der Waals surface area contributed by atoms with Crippen molar-refractivity contribution in [2.45, 2.75) is 50.9 Å². The van der Waals surface area contributed by atoms with E-state index in [9.17, 15) is 0 Å². The van der Waals surface area contributed by atoms with Gasteiger partial charge >= 0.3 is 0 Å². The van der Waals surface area contributed by atoms with Crippen LogP contribution >= 0.6 is 34.8 Å². The first kappa shape index (κ1) is 17.1. The van der Waals surface area contributed by atoms with Gasteiger partial charge < -0.3 is 0 Å². The van der Waals surface area contributed by atoms with Gasteiger partial charge in [-0.25, -0.2) is 0 Å². The zero-order valence-electron chi connectivity index (χ0n) is 11.6. The molecule has 0 saturated carbocycles. The fourth-order valence-electron chi connectivity index (χ4n) is 2.35. The third-order valence-corrected chi connectivity index (χ3v) is 4.97. The second-order valence-corrected chi connectivity index (χ2v) is 6.19. The van der Waals surface area contributed by atoms with Gasteiger partial charge in [0.2, 0.25) is 0 Å². The number of hydrogen-bond acceptors (Lipinski definition) is 0. The Morgan fingerprint density at radius 3 is 2.26 bits per heavy atom. The second-order valence-electron chi connectivity index (χ2n) is 5.22. The van der Waals surface area contributed by atoms with Gasteiger partial charge in [-0.2, -0.15) is 0 Å². The van der Waals surface area contributed by atoms with Crippen molar-refractivity contribution >= 4 is 34.8 Å². The van der Waals surface area contributed by atoms with E-state index in [-0.39, 0.29) is 5.41 Å². The standard InChI is InChI=1S/C16H23Cl3/c1-2-3-4-5-6-10-16(12-17,13-18)14-8-7-9-15(19)11-14/h7-9,11H,2-6,10,12-13H2,1H3. The van der Waals surface area contributed by atoms with Crippen LogP contribution in [0, 0.1) is 0 Å². The molecule has 0 aliphatic heterocycles. The first-order valence-electron chi connectivity index (χ1n) is 7.06. The molecule has 0 atom stereocenters. The van der Waals surface area contributed by atoms with Crippen LogP contribution in [0.25, 0.3) is 0 Å². The zero-order chi connectivity index (χ0) is 14.1. The summed E-state index contributed by atoms with van der Waals surface area (Å²) in [7, 11) is 0. The summed E-state index contributed by atoms with van der Waals surface area (Å²) in [5.74, 6) is 1.09. The number of benzene rings is 1. The molecule has 0 radical (unpaired) electrons. The molecule has 0 aliphatic rings. The SMILES string of the molecule is CCCCCCCC(CCl)(CCl)c1cccc(Cl)c1. The predicted molar refractivity (Wildman–Crippen MR) is 87.9 cm³/mol. The van der Waals surface area contributed by atoms with Crippen molar-refractivity contribution in [1.29, 1.82) is 0 Å². The monoisotopic (exact) mass is 320 g/mol. The molecule has 108 valence electrons. The van der Waals surface area contributed by atoms with Crippen molar-refractivity contribution in [3.05, 3.63) is 34.9 Å².